The molecule has 128 valence electrons. The number of hydrogen-bond acceptors (Lipinski definition) is 3. The van der Waals surface area contributed by atoms with Crippen molar-refractivity contribution in [3.05, 3.63) is 59.4 Å². The molecule has 5 heteroatoms. The maximum Gasteiger partial charge on any atom is 0.253 e. The van der Waals surface area contributed by atoms with Gasteiger partial charge in [-0.1, -0.05) is 18.2 Å². The summed E-state index contributed by atoms with van der Waals surface area (Å²) < 4.78 is 13.4. The first-order valence-electron chi connectivity index (χ1n) is 8.25. The van der Waals surface area contributed by atoms with Gasteiger partial charge >= 0.3 is 0 Å². The zero-order valence-corrected chi connectivity index (χ0v) is 14.4. The number of nitrogens with zero attached hydrogens (tertiary/aromatic N) is 3. The average molecular weight is 337 g/mol. The molecule has 1 atom stereocenters. The predicted octanol–water partition coefficient (Wildman–Crippen LogP) is 3.14. The molecule has 0 unspecified atom stereocenters. The largest absolute Gasteiger partial charge is 0.337 e. The number of hydrogen-bond donors (Lipinski definition) is 0. The summed E-state index contributed by atoms with van der Waals surface area (Å²) in [5.41, 5.74) is 2.24. The lowest BCUT2D eigenvalue weighted by Crippen LogP contribution is -2.38. The highest BCUT2D eigenvalue weighted by molar-refractivity contribution is 5.94. The SMILES string of the molecule is CN1CC[C@H](N(C)C(=O)c2ccc(-c3ccc(F)c(C#N)c3)cc2)C1. The van der Waals surface area contributed by atoms with E-state index in [-0.39, 0.29) is 17.5 Å². The maximum absolute atomic E-state index is 13.4. The van der Waals surface area contributed by atoms with Crippen LogP contribution in [0.2, 0.25) is 0 Å². The Hall–Kier alpha value is -2.71. The Morgan fingerprint density at radius 2 is 1.92 bits per heavy atom. The number of amides is 1. The lowest BCUT2D eigenvalue weighted by molar-refractivity contribution is 0.0737. The first kappa shape index (κ1) is 17.1. The highest BCUT2D eigenvalue weighted by Crippen LogP contribution is 2.23. The maximum atomic E-state index is 13.4. The van der Waals surface area contributed by atoms with Crippen LogP contribution in [-0.4, -0.2) is 48.9 Å². The summed E-state index contributed by atoms with van der Waals surface area (Å²) >= 11 is 0. The Morgan fingerprint density at radius 3 is 2.52 bits per heavy atom. The second-order valence-electron chi connectivity index (χ2n) is 6.50. The third-order valence-electron chi connectivity index (χ3n) is 4.79. The number of halogens is 1. The lowest BCUT2D eigenvalue weighted by Gasteiger charge is -2.24. The van der Waals surface area contributed by atoms with Gasteiger partial charge in [-0.3, -0.25) is 4.79 Å². The molecule has 25 heavy (non-hydrogen) atoms. The third kappa shape index (κ3) is 3.54. The Labute approximate surface area is 147 Å². The van der Waals surface area contributed by atoms with E-state index in [0.29, 0.717) is 5.56 Å². The summed E-state index contributed by atoms with van der Waals surface area (Å²) in [5, 5.41) is 8.95. The van der Waals surface area contributed by atoms with Gasteiger partial charge in [0.2, 0.25) is 0 Å². The summed E-state index contributed by atoms with van der Waals surface area (Å²) in [7, 11) is 3.91. The zero-order valence-electron chi connectivity index (χ0n) is 14.4. The van der Waals surface area contributed by atoms with Gasteiger partial charge in [0, 0.05) is 25.2 Å². The minimum absolute atomic E-state index is 0.00340. The van der Waals surface area contributed by atoms with Crippen molar-refractivity contribution in [3.8, 4) is 17.2 Å². The summed E-state index contributed by atoms with van der Waals surface area (Å²) in [6.07, 6.45) is 0.989. The van der Waals surface area contributed by atoms with Crippen molar-refractivity contribution < 1.29 is 9.18 Å². The minimum atomic E-state index is -0.527. The molecule has 2 aromatic carbocycles. The minimum Gasteiger partial charge on any atom is -0.337 e. The molecule has 1 fully saturated rings. The van der Waals surface area contributed by atoms with Crippen molar-refractivity contribution in [1.29, 1.82) is 5.26 Å². The third-order valence-corrected chi connectivity index (χ3v) is 4.79. The second kappa shape index (κ2) is 7.04. The molecule has 0 radical (unpaired) electrons. The quantitative estimate of drug-likeness (QED) is 0.864. The van der Waals surface area contributed by atoms with Gasteiger partial charge in [-0.25, -0.2) is 4.39 Å². The Balaban J connectivity index is 1.78. The van der Waals surface area contributed by atoms with Crippen LogP contribution in [0.5, 0.6) is 0 Å². The number of likely N-dealkylation sites (N-methyl/N-ethyl adjacent to an activating group) is 2. The van der Waals surface area contributed by atoms with Gasteiger partial charge in [0.15, 0.2) is 0 Å². The monoisotopic (exact) mass is 337 g/mol. The molecule has 0 spiro atoms. The van der Waals surface area contributed by atoms with Crippen LogP contribution < -0.4 is 0 Å². The molecular formula is C20H20FN3O. The molecule has 1 heterocycles. The van der Waals surface area contributed by atoms with E-state index in [1.807, 2.05) is 30.1 Å². The Bertz CT molecular complexity index is 826. The summed E-state index contributed by atoms with van der Waals surface area (Å²) in [5.74, 6) is -0.523. The molecular weight excluding hydrogens is 317 g/mol. The van der Waals surface area contributed by atoms with Gasteiger partial charge in [-0.2, -0.15) is 5.26 Å². The fraction of sp³-hybridized carbons (Fsp3) is 0.300. The summed E-state index contributed by atoms with van der Waals surface area (Å²) in [6, 6.07) is 13.7. The molecule has 0 bridgehead atoms. The highest BCUT2D eigenvalue weighted by atomic mass is 19.1. The van der Waals surface area contributed by atoms with Crippen molar-refractivity contribution in [3.63, 3.8) is 0 Å². The number of rotatable bonds is 3. The topological polar surface area (TPSA) is 47.3 Å². The molecule has 1 amide bonds. The smallest absolute Gasteiger partial charge is 0.253 e. The van der Waals surface area contributed by atoms with E-state index in [1.54, 1.807) is 18.2 Å². The molecule has 0 saturated carbocycles. The van der Waals surface area contributed by atoms with Gasteiger partial charge in [0.05, 0.1) is 5.56 Å². The van der Waals surface area contributed by atoms with Gasteiger partial charge < -0.3 is 9.80 Å². The van der Waals surface area contributed by atoms with Gasteiger partial charge in [0.1, 0.15) is 11.9 Å². The molecule has 0 aromatic heterocycles. The standard InChI is InChI=1S/C20H20FN3O/c1-23-10-9-18(13-23)24(2)20(25)15-5-3-14(4-6-15)16-7-8-19(21)17(11-16)12-22/h3-8,11,18H,9-10,13H2,1-2H3/t18-/m0/s1. The van der Waals surface area contributed by atoms with E-state index in [0.717, 1.165) is 30.6 Å². The van der Waals surface area contributed by atoms with Crippen molar-refractivity contribution in [1.82, 2.24) is 9.80 Å². The van der Waals surface area contributed by atoms with Crippen LogP contribution in [0.1, 0.15) is 22.3 Å². The first-order valence-corrected chi connectivity index (χ1v) is 8.25. The molecule has 4 nitrogen and oxygen atoms in total. The molecule has 3 rings (SSSR count). The van der Waals surface area contributed by atoms with Crippen molar-refractivity contribution in [2.45, 2.75) is 12.5 Å². The molecule has 1 aliphatic heterocycles. The average Bonchev–Trinajstić information content (AvgIpc) is 3.07. The first-order chi connectivity index (χ1) is 12.0. The molecule has 0 N–H and O–H groups in total. The van der Waals surface area contributed by atoms with E-state index in [2.05, 4.69) is 11.9 Å². The van der Waals surface area contributed by atoms with E-state index in [9.17, 15) is 9.18 Å². The van der Waals surface area contributed by atoms with E-state index < -0.39 is 5.82 Å². The van der Waals surface area contributed by atoms with Gasteiger partial charge in [-0.15, -0.1) is 0 Å². The lowest BCUT2D eigenvalue weighted by atomic mass is 10.0. The van der Waals surface area contributed by atoms with Gasteiger partial charge in [0.25, 0.3) is 5.91 Å². The number of carbonyl (C=O) groups excluding carboxylic acids is 1. The fourth-order valence-electron chi connectivity index (χ4n) is 3.19. The second-order valence-corrected chi connectivity index (χ2v) is 6.50. The molecule has 1 saturated heterocycles. The number of carbonyl (C=O) groups is 1. The van der Waals surface area contributed by atoms with Crippen LogP contribution in [0, 0.1) is 17.1 Å². The van der Waals surface area contributed by atoms with Crippen molar-refractivity contribution in [2.24, 2.45) is 0 Å². The molecule has 1 aliphatic rings. The summed E-state index contributed by atoms with van der Waals surface area (Å²) in [4.78, 5) is 16.7. The van der Waals surface area contributed by atoms with Crippen molar-refractivity contribution >= 4 is 5.91 Å². The molecule has 2 aromatic rings. The molecule has 0 aliphatic carbocycles. The van der Waals surface area contributed by atoms with Crippen LogP contribution in [0.3, 0.4) is 0 Å². The van der Waals surface area contributed by atoms with Crippen LogP contribution in [0.15, 0.2) is 42.5 Å². The summed E-state index contributed by atoms with van der Waals surface area (Å²) in [6.45, 7) is 1.90. The Kier molecular flexibility index (Phi) is 4.82. The Morgan fingerprint density at radius 1 is 1.24 bits per heavy atom. The van der Waals surface area contributed by atoms with Crippen LogP contribution >= 0.6 is 0 Å². The highest BCUT2D eigenvalue weighted by Gasteiger charge is 2.26. The van der Waals surface area contributed by atoms with Crippen LogP contribution in [0.25, 0.3) is 11.1 Å². The van der Waals surface area contributed by atoms with E-state index in [4.69, 9.17) is 5.26 Å². The number of benzene rings is 2. The van der Waals surface area contributed by atoms with Gasteiger partial charge in [-0.05, 0) is 55.4 Å². The normalized spacial score (nSPS) is 17.3. The predicted molar refractivity (Wildman–Crippen MR) is 94.5 cm³/mol. The number of nitriles is 1. The van der Waals surface area contributed by atoms with Crippen molar-refractivity contribution in [2.75, 3.05) is 27.2 Å². The number of likely N-dealkylation sites (tertiary alicyclic amines) is 1. The van der Waals surface area contributed by atoms with Crippen LogP contribution in [0.4, 0.5) is 4.39 Å². The van der Waals surface area contributed by atoms with E-state index in [1.165, 1.54) is 12.1 Å². The fourth-order valence-corrected chi connectivity index (χ4v) is 3.19. The van der Waals surface area contributed by atoms with Crippen LogP contribution in [-0.2, 0) is 0 Å². The zero-order chi connectivity index (χ0) is 18.0. The van der Waals surface area contributed by atoms with E-state index >= 15 is 0 Å².